The Hall–Kier alpha value is -1.62. The van der Waals surface area contributed by atoms with Gasteiger partial charge in [-0.2, -0.15) is 0 Å². The van der Waals surface area contributed by atoms with Crippen molar-refractivity contribution in [1.29, 1.82) is 0 Å². The predicted molar refractivity (Wildman–Crippen MR) is 75.6 cm³/mol. The van der Waals surface area contributed by atoms with Crippen LogP contribution in [0.3, 0.4) is 0 Å². The Balaban J connectivity index is 1.90. The van der Waals surface area contributed by atoms with E-state index in [0.29, 0.717) is 5.17 Å². The first-order valence-corrected chi connectivity index (χ1v) is 6.87. The summed E-state index contributed by atoms with van der Waals surface area (Å²) >= 11 is 1.57. The molecule has 1 aliphatic heterocycles. The Morgan fingerprint density at radius 3 is 3.06 bits per heavy atom. The SMILES string of the molecule is CCc1ccc(/C=C/C(=O)NC2=NCCS2)cn1. The van der Waals surface area contributed by atoms with Crippen molar-refractivity contribution in [2.24, 2.45) is 4.99 Å². The van der Waals surface area contributed by atoms with Gasteiger partial charge in [0.2, 0.25) is 5.91 Å². The van der Waals surface area contributed by atoms with Gasteiger partial charge in [0, 0.05) is 23.7 Å². The molecule has 4 nitrogen and oxygen atoms in total. The van der Waals surface area contributed by atoms with Crippen LogP contribution in [0.2, 0.25) is 0 Å². The molecule has 2 rings (SSSR count). The summed E-state index contributed by atoms with van der Waals surface area (Å²) in [6.45, 7) is 2.84. The van der Waals surface area contributed by atoms with Crippen molar-refractivity contribution in [1.82, 2.24) is 10.3 Å². The smallest absolute Gasteiger partial charge is 0.249 e. The lowest BCUT2D eigenvalue weighted by Crippen LogP contribution is -2.25. The average Bonchev–Trinajstić information content (AvgIpc) is 2.90. The Labute approximate surface area is 111 Å². The van der Waals surface area contributed by atoms with Crippen LogP contribution in [0.1, 0.15) is 18.2 Å². The number of carbonyl (C=O) groups is 1. The maximum Gasteiger partial charge on any atom is 0.249 e. The molecule has 0 saturated heterocycles. The monoisotopic (exact) mass is 261 g/mol. The summed E-state index contributed by atoms with van der Waals surface area (Å²) in [7, 11) is 0. The molecule has 5 heteroatoms. The minimum absolute atomic E-state index is 0.150. The minimum Gasteiger partial charge on any atom is -0.302 e. The van der Waals surface area contributed by atoms with E-state index in [1.54, 1.807) is 24.0 Å². The minimum atomic E-state index is -0.150. The number of hydrogen-bond donors (Lipinski definition) is 1. The van der Waals surface area contributed by atoms with Gasteiger partial charge < -0.3 is 5.32 Å². The van der Waals surface area contributed by atoms with Gasteiger partial charge >= 0.3 is 0 Å². The van der Waals surface area contributed by atoms with E-state index in [4.69, 9.17) is 0 Å². The number of hydrogen-bond acceptors (Lipinski definition) is 4. The molecule has 1 N–H and O–H groups in total. The molecule has 1 aliphatic rings. The third kappa shape index (κ3) is 3.70. The first kappa shape index (κ1) is 12.8. The van der Waals surface area contributed by atoms with Crippen LogP contribution in [0.5, 0.6) is 0 Å². The van der Waals surface area contributed by atoms with Crippen LogP contribution < -0.4 is 5.32 Å². The van der Waals surface area contributed by atoms with Crippen molar-refractivity contribution in [2.45, 2.75) is 13.3 Å². The van der Waals surface area contributed by atoms with Gasteiger partial charge in [-0.15, -0.1) is 0 Å². The van der Waals surface area contributed by atoms with Gasteiger partial charge in [0.05, 0.1) is 6.54 Å². The van der Waals surface area contributed by atoms with E-state index in [1.807, 2.05) is 12.1 Å². The van der Waals surface area contributed by atoms with E-state index in [-0.39, 0.29) is 5.91 Å². The van der Waals surface area contributed by atoms with E-state index in [1.165, 1.54) is 6.08 Å². The Kier molecular flexibility index (Phi) is 4.52. The van der Waals surface area contributed by atoms with Crippen molar-refractivity contribution >= 4 is 28.9 Å². The zero-order chi connectivity index (χ0) is 12.8. The van der Waals surface area contributed by atoms with Crippen LogP contribution in [0.4, 0.5) is 0 Å². The van der Waals surface area contributed by atoms with Crippen LogP contribution in [-0.4, -0.2) is 28.4 Å². The van der Waals surface area contributed by atoms with Crippen molar-refractivity contribution in [2.75, 3.05) is 12.3 Å². The summed E-state index contributed by atoms with van der Waals surface area (Å²) in [6.07, 6.45) is 5.94. The number of aromatic nitrogens is 1. The average molecular weight is 261 g/mol. The van der Waals surface area contributed by atoms with Gasteiger partial charge in [-0.1, -0.05) is 24.8 Å². The van der Waals surface area contributed by atoms with Crippen molar-refractivity contribution in [3.63, 3.8) is 0 Å². The maximum absolute atomic E-state index is 11.6. The molecule has 0 unspecified atom stereocenters. The summed E-state index contributed by atoms with van der Waals surface area (Å²) in [5, 5.41) is 3.45. The summed E-state index contributed by atoms with van der Waals surface area (Å²) in [6, 6.07) is 3.92. The maximum atomic E-state index is 11.6. The second kappa shape index (κ2) is 6.35. The number of thioether (sulfide) groups is 1. The molecule has 94 valence electrons. The molecule has 0 atom stereocenters. The molecule has 0 saturated carbocycles. The van der Waals surface area contributed by atoms with Gasteiger partial charge in [-0.05, 0) is 24.1 Å². The first-order valence-electron chi connectivity index (χ1n) is 5.89. The topological polar surface area (TPSA) is 54.4 Å². The fraction of sp³-hybridized carbons (Fsp3) is 0.308. The number of amidine groups is 1. The summed E-state index contributed by atoms with van der Waals surface area (Å²) in [4.78, 5) is 20.0. The number of amides is 1. The van der Waals surface area contributed by atoms with E-state index in [2.05, 4.69) is 22.2 Å². The van der Waals surface area contributed by atoms with E-state index >= 15 is 0 Å². The molecular weight excluding hydrogens is 246 g/mol. The van der Waals surface area contributed by atoms with Crippen LogP contribution in [0.15, 0.2) is 29.4 Å². The lowest BCUT2D eigenvalue weighted by molar-refractivity contribution is -0.115. The highest BCUT2D eigenvalue weighted by Gasteiger charge is 2.08. The molecule has 2 heterocycles. The third-order valence-electron chi connectivity index (χ3n) is 2.45. The quantitative estimate of drug-likeness (QED) is 0.845. The second-order valence-electron chi connectivity index (χ2n) is 3.79. The van der Waals surface area contributed by atoms with Crippen molar-refractivity contribution in [3.05, 3.63) is 35.7 Å². The molecule has 0 aromatic carbocycles. The summed E-state index contributed by atoms with van der Waals surface area (Å²) < 4.78 is 0. The first-order chi connectivity index (χ1) is 8.78. The standard InChI is InChI=1S/C13H15N3OS/c1-2-11-5-3-10(9-15-11)4-6-12(17)16-13-14-7-8-18-13/h3-6,9H,2,7-8H2,1H3,(H,14,16,17)/b6-4+. The largest absolute Gasteiger partial charge is 0.302 e. The normalized spacial score (nSPS) is 14.8. The lowest BCUT2D eigenvalue weighted by Gasteiger charge is -1.99. The number of nitrogens with zero attached hydrogens (tertiary/aromatic N) is 2. The highest BCUT2D eigenvalue weighted by molar-refractivity contribution is 8.14. The van der Waals surface area contributed by atoms with E-state index < -0.39 is 0 Å². The predicted octanol–water partition coefficient (Wildman–Crippen LogP) is 1.88. The van der Waals surface area contributed by atoms with Crippen LogP contribution in [0, 0.1) is 0 Å². The van der Waals surface area contributed by atoms with Gasteiger partial charge in [0.25, 0.3) is 0 Å². The number of carbonyl (C=O) groups excluding carboxylic acids is 1. The lowest BCUT2D eigenvalue weighted by atomic mass is 10.2. The number of rotatable bonds is 3. The Bertz CT molecular complexity index is 480. The zero-order valence-corrected chi connectivity index (χ0v) is 11.0. The number of nitrogens with one attached hydrogen (secondary N) is 1. The van der Waals surface area contributed by atoms with Crippen LogP contribution in [-0.2, 0) is 11.2 Å². The number of pyridine rings is 1. The summed E-state index contributed by atoms with van der Waals surface area (Å²) in [5.74, 6) is 0.796. The molecular formula is C13H15N3OS. The van der Waals surface area contributed by atoms with Gasteiger partial charge in [-0.25, -0.2) is 0 Å². The molecule has 0 spiro atoms. The summed E-state index contributed by atoms with van der Waals surface area (Å²) in [5.41, 5.74) is 1.97. The van der Waals surface area contributed by atoms with Crippen molar-refractivity contribution in [3.8, 4) is 0 Å². The van der Waals surface area contributed by atoms with Gasteiger partial charge in [-0.3, -0.25) is 14.8 Å². The third-order valence-corrected chi connectivity index (χ3v) is 3.34. The molecule has 1 aromatic rings. The molecule has 0 fully saturated rings. The highest BCUT2D eigenvalue weighted by atomic mass is 32.2. The number of aliphatic imine (C=N–C) groups is 1. The van der Waals surface area contributed by atoms with Crippen LogP contribution in [0.25, 0.3) is 6.08 Å². The van der Waals surface area contributed by atoms with Crippen molar-refractivity contribution < 1.29 is 4.79 Å². The fourth-order valence-corrected chi connectivity index (χ4v) is 2.20. The van der Waals surface area contributed by atoms with E-state index in [9.17, 15) is 4.79 Å². The molecule has 0 aliphatic carbocycles. The Morgan fingerprint density at radius 2 is 2.44 bits per heavy atom. The van der Waals surface area contributed by atoms with Crippen LogP contribution >= 0.6 is 11.8 Å². The molecule has 1 amide bonds. The Morgan fingerprint density at radius 1 is 1.56 bits per heavy atom. The van der Waals surface area contributed by atoms with Gasteiger partial charge in [0.1, 0.15) is 0 Å². The zero-order valence-electron chi connectivity index (χ0n) is 10.2. The van der Waals surface area contributed by atoms with E-state index in [0.717, 1.165) is 30.0 Å². The van der Waals surface area contributed by atoms with Gasteiger partial charge in [0.15, 0.2) is 5.17 Å². The molecule has 1 aromatic heterocycles. The fourth-order valence-electron chi connectivity index (χ4n) is 1.47. The molecule has 0 bridgehead atoms. The second-order valence-corrected chi connectivity index (χ2v) is 4.88. The molecule has 0 radical (unpaired) electrons. The molecule has 18 heavy (non-hydrogen) atoms. The number of aryl methyl sites for hydroxylation is 1. The highest BCUT2D eigenvalue weighted by Crippen LogP contribution is 2.09.